The van der Waals surface area contributed by atoms with E-state index in [1.165, 1.54) is 11.1 Å². The highest BCUT2D eigenvalue weighted by Crippen LogP contribution is 2.61. The lowest BCUT2D eigenvalue weighted by atomic mass is 9.83. The lowest BCUT2D eigenvalue weighted by Crippen LogP contribution is -2.17. The largest absolute Gasteiger partial charge is 0.294 e. The third kappa shape index (κ3) is 1.21. The first kappa shape index (κ1) is 9.83. The highest BCUT2D eigenvalue weighted by molar-refractivity contribution is 6.08. The van der Waals surface area contributed by atoms with Gasteiger partial charge in [0.1, 0.15) is 0 Å². The van der Waals surface area contributed by atoms with Crippen molar-refractivity contribution in [2.75, 3.05) is 0 Å². The lowest BCUT2D eigenvalue weighted by Gasteiger charge is -2.19. The molecule has 0 heterocycles. The normalized spacial score (nSPS) is 25.9. The molecule has 1 spiro atoms. The molecule has 1 aromatic rings. The molecule has 0 aliphatic heterocycles. The van der Waals surface area contributed by atoms with Crippen molar-refractivity contribution < 1.29 is 4.79 Å². The summed E-state index contributed by atoms with van der Waals surface area (Å²) in [6.45, 7) is 2.19. The van der Waals surface area contributed by atoms with Crippen LogP contribution in [0, 0.1) is 11.3 Å². The Morgan fingerprint density at radius 1 is 1.25 bits per heavy atom. The van der Waals surface area contributed by atoms with E-state index in [0.29, 0.717) is 11.7 Å². The van der Waals surface area contributed by atoms with E-state index in [9.17, 15) is 4.79 Å². The first-order valence-corrected chi connectivity index (χ1v) is 6.09. The van der Waals surface area contributed by atoms with Crippen LogP contribution in [0.4, 0.5) is 0 Å². The van der Waals surface area contributed by atoms with Gasteiger partial charge in [-0.25, -0.2) is 0 Å². The van der Waals surface area contributed by atoms with Crippen molar-refractivity contribution in [2.45, 2.75) is 26.2 Å². The minimum Gasteiger partial charge on any atom is -0.294 e. The maximum Gasteiger partial charge on any atom is 0.162 e. The fourth-order valence-electron chi connectivity index (χ4n) is 3.11. The zero-order valence-electron chi connectivity index (χ0n) is 9.57. The number of benzene rings is 1. The highest BCUT2D eigenvalue weighted by Gasteiger charge is 2.57. The smallest absolute Gasteiger partial charge is 0.162 e. The van der Waals surface area contributed by atoms with Crippen LogP contribution in [0.3, 0.4) is 0 Å². The SMILES string of the molecule is CCC1C(c2ccccc2)=CC(=O)C12CC2. The second-order valence-corrected chi connectivity index (χ2v) is 4.95. The maximum atomic E-state index is 12.0. The molecule has 0 saturated heterocycles. The molecule has 1 heteroatoms. The number of hydrogen-bond donors (Lipinski definition) is 0. The van der Waals surface area contributed by atoms with Gasteiger partial charge in [-0.15, -0.1) is 0 Å². The van der Waals surface area contributed by atoms with E-state index in [-0.39, 0.29) is 5.41 Å². The van der Waals surface area contributed by atoms with E-state index in [2.05, 4.69) is 19.1 Å². The molecule has 0 bridgehead atoms. The summed E-state index contributed by atoms with van der Waals surface area (Å²) >= 11 is 0. The quantitative estimate of drug-likeness (QED) is 0.733. The van der Waals surface area contributed by atoms with Crippen molar-refractivity contribution >= 4 is 11.4 Å². The van der Waals surface area contributed by atoms with Crippen LogP contribution < -0.4 is 0 Å². The van der Waals surface area contributed by atoms with Gasteiger partial charge in [0.25, 0.3) is 0 Å². The molecule has 3 rings (SSSR count). The van der Waals surface area contributed by atoms with Crippen LogP contribution in [0.25, 0.3) is 5.57 Å². The zero-order valence-corrected chi connectivity index (χ0v) is 9.57. The van der Waals surface area contributed by atoms with Gasteiger partial charge in [-0.2, -0.15) is 0 Å². The van der Waals surface area contributed by atoms with Crippen LogP contribution in [-0.4, -0.2) is 5.78 Å². The molecule has 1 nitrogen and oxygen atoms in total. The number of carbonyl (C=O) groups is 1. The van der Waals surface area contributed by atoms with Crippen LogP contribution in [0.15, 0.2) is 36.4 Å². The number of rotatable bonds is 2. The predicted molar refractivity (Wildman–Crippen MR) is 64.9 cm³/mol. The minimum atomic E-state index is 0.0138. The van der Waals surface area contributed by atoms with Crippen LogP contribution in [0.5, 0.6) is 0 Å². The Balaban J connectivity index is 2.02. The van der Waals surface area contributed by atoms with E-state index in [1.807, 2.05) is 24.3 Å². The molecule has 1 aromatic carbocycles. The molecular formula is C15H16O. The average molecular weight is 212 g/mol. The van der Waals surface area contributed by atoms with Gasteiger partial charge >= 0.3 is 0 Å². The Hall–Kier alpha value is -1.37. The Morgan fingerprint density at radius 3 is 2.50 bits per heavy atom. The molecular weight excluding hydrogens is 196 g/mol. The molecule has 0 N–H and O–H groups in total. The van der Waals surface area contributed by atoms with E-state index >= 15 is 0 Å². The fraction of sp³-hybridized carbons (Fsp3) is 0.400. The van der Waals surface area contributed by atoms with Gasteiger partial charge in [0.05, 0.1) is 0 Å². The molecule has 0 amide bonds. The summed E-state index contributed by atoms with van der Waals surface area (Å²) in [6, 6.07) is 10.3. The Bertz CT molecular complexity index is 452. The fourth-order valence-corrected chi connectivity index (χ4v) is 3.11. The molecule has 1 saturated carbocycles. The third-order valence-corrected chi connectivity index (χ3v) is 4.12. The highest BCUT2D eigenvalue weighted by atomic mass is 16.1. The summed E-state index contributed by atoms with van der Waals surface area (Å²) in [4.78, 5) is 12.0. The summed E-state index contributed by atoms with van der Waals surface area (Å²) in [5, 5.41) is 0. The summed E-state index contributed by atoms with van der Waals surface area (Å²) < 4.78 is 0. The van der Waals surface area contributed by atoms with Crippen molar-refractivity contribution in [2.24, 2.45) is 11.3 Å². The average Bonchev–Trinajstić information content (AvgIpc) is 3.05. The van der Waals surface area contributed by atoms with Gasteiger partial charge in [-0.1, -0.05) is 37.3 Å². The van der Waals surface area contributed by atoms with Gasteiger partial charge in [-0.3, -0.25) is 4.79 Å². The molecule has 16 heavy (non-hydrogen) atoms. The topological polar surface area (TPSA) is 17.1 Å². The maximum absolute atomic E-state index is 12.0. The second kappa shape index (κ2) is 3.31. The molecule has 2 aliphatic carbocycles. The number of allylic oxidation sites excluding steroid dienone is 2. The lowest BCUT2D eigenvalue weighted by molar-refractivity contribution is -0.119. The van der Waals surface area contributed by atoms with Crippen LogP contribution >= 0.6 is 0 Å². The van der Waals surface area contributed by atoms with Gasteiger partial charge in [0.2, 0.25) is 0 Å². The summed E-state index contributed by atoms with van der Waals surface area (Å²) in [5.41, 5.74) is 2.51. The standard InChI is InChI=1S/C15H16O/c1-2-13-12(11-6-4-3-5-7-11)10-14(16)15(13)8-9-15/h3-7,10,13H,2,8-9H2,1H3. The van der Waals surface area contributed by atoms with E-state index in [1.54, 1.807) is 0 Å². The molecule has 82 valence electrons. The van der Waals surface area contributed by atoms with E-state index < -0.39 is 0 Å². The first-order chi connectivity index (χ1) is 7.78. The molecule has 1 fully saturated rings. The molecule has 1 unspecified atom stereocenters. The van der Waals surface area contributed by atoms with Crippen molar-refractivity contribution in [1.29, 1.82) is 0 Å². The number of hydrogen-bond acceptors (Lipinski definition) is 1. The second-order valence-electron chi connectivity index (χ2n) is 4.95. The molecule has 1 atom stereocenters. The van der Waals surface area contributed by atoms with Crippen molar-refractivity contribution in [3.8, 4) is 0 Å². The van der Waals surface area contributed by atoms with Crippen molar-refractivity contribution in [3.05, 3.63) is 42.0 Å². The van der Waals surface area contributed by atoms with Crippen LogP contribution in [0.2, 0.25) is 0 Å². The molecule has 2 aliphatic rings. The van der Waals surface area contributed by atoms with Gasteiger partial charge in [-0.05, 0) is 42.4 Å². The van der Waals surface area contributed by atoms with Crippen molar-refractivity contribution in [3.63, 3.8) is 0 Å². The van der Waals surface area contributed by atoms with Crippen LogP contribution in [0.1, 0.15) is 31.7 Å². The van der Waals surface area contributed by atoms with Gasteiger partial charge in [0, 0.05) is 5.41 Å². The van der Waals surface area contributed by atoms with Gasteiger partial charge < -0.3 is 0 Å². The van der Waals surface area contributed by atoms with Crippen molar-refractivity contribution in [1.82, 2.24) is 0 Å². The summed E-state index contributed by atoms with van der Waals surface area (Å²) in [6.07, 6.45) is 5.16. The van der Waals surface area contributed by atoms with E-state index in [4.69, 9.17) is 0 Å². The van der Waals surface area contributed by atoms with Crippen LogP contribution in [-0.2, 0) is 4.79 Å². The number of ketones is 1. The summed E-state index contributed by atoms with van der Waals surface area (Å²) in [5.74, 6) is 0.834. The van der Waals surface area contributed by atoms with Gasteiger partial charge in [0.15, 0.2) is 5.78 Å². The third-order valence-electron chi connectivity index (χ3n) is 4.12. The molecule has 0 aromatic heterocycles. The minimum absolute atomic E-state index is 0.0138. The van der Waals surface area contributed by atoms with E-state index in [0.717, 1.165) is 19.3 Å². The first-order valence-electron chi connectivity index (χ1n) is 6.09. The predicted octanol–water partition coefficient (Wildman–Crippen LogP) is 3.46. The molecule has 0 radical (unpaired) electrons. The summed E-state index contributed by atoms with van der Waals surface area (Å²) in [7, 11) is 0. The Kier molecular flexibility index (Phi) is 2.03. The zero-order chi connectivity index (χ0) is 11.2. The monoisotopic (exact) mass is 212 g/mol. The number of carbonyl (C=O) groups excluding carboxylic acids is 1. The Morgan fingerprint density at radius 2 is 1.94 bits per heavy atom. The Labute approximate surface area is 96.2 Å².